The van der Waals surface area contributed by atoms with E-state index in [2.05, 4.69) is 15.9 Å². The Hall–Kier alpha value is -0.910. The highest BCUT2D eigenvalue weighted by atomic mass is 79.9. The average molecular weight is 287 g/mol. The topological polar surface area (TPSA) is 44.8 Å². The number of aldehydes is 1. The molecule has 1 aromatic carbocycles. The molecule has 0 amide bonds. The summed E-state index contributed by atoms with van der Waals surface area (Å²) in [5.41, 5.74) is 0.489. The Morgan fingerprint density at radius 1 is 1.44 bits per heavy atom. The van der Waals surface area contributed by atoms with E-state index in [9.17, 15) is 4.79 Å². The Labute approximate surface area is 102 Å². The maximum absolute atomic E-state index is 10.8. The van der Waals surface area contributed by atoms with Gasteiger partial charge in [0.1, 0.15) is 12.4 Å². The van der Waals surface area contributed by atoms with Gasteiger partial charge in [0.25, 0.3) is 0 Å². The second-order valence-corrected chi connectivity index (χ2v) is 4.21. The van der Waals surface area contributed by atoms with E-state index in [1.54, 1.807) is 12.1 Å². The SMILES string of the molecule is O=Cc1cc(Br)ccc1OC1COCCO1. The molecule has 1 fully saturated rings. The summed E-state index contributed by atoms with van der Waals surface area (Å²) in [6, 6.07) is 5.24. The van der Waals surface area contributed by atoms with Gasteiger partial charge in [0.15, 0.2) is 6.29 Å². The Morgan fingerprint density at radius 2 is 2.31 bits per heavy atom. The van der Waals surface area contributed by atoms with E-state index in [1.165, 1.54) is 0 Å². The van der Waals surface area contributed by atoms with Crippen molar-refractivity contribution in [1.82, 2.24) is 0 Å². The van der Waals surface area contributed by atoms with Crippen molar-refractivity contribution >= 4 is 22.2 Å². The molecule has 1 aliphatic rings. The lowest BCUT2D eigenvalue weighted by Gasteiger charge is -2.24. The summed E-state index contributed by atoms with van der Waals surface area (Å²) < 4.78 is 16.9. The minimum absolute atomic E-state index is 0.383. The number of carbonyl (C=O) groups is 1. The van der Waals surface area contributed by atoms with Crippen molar-refractivity contribution in [2.75, 3.05) is 19.8 Å². The molecule has 1 atom stereocenters. The number of ether oxygens (including phenoxy) is 3. The van der Waals surface area contributed by atoms with Crippen molar-refractivity contribution in [3.8, 4) is 5.75 Å². The molecule has 1 unspecified atom stereocenters. The van der Waals surface area contributed by atoms with Crippen molar-refractivity contribution in [3.63, 3.8) is 0 Å². The second kappa shape index (κ2) is 5.43. The summed E-state index contributed by atoms with van der Waals surface area (Å²) in [6.45, 7) is 1.48. The Kier molecular flexibility index (Phi) is 3.93. The van der Waals surface area contributed by atoms with Gasteiger partial charge < -0.3 is 14.2 Å². The molecule has 4 nitrogen and oxygen atoms in total. The van der Waals surface area contributed by atoms with Crippen LogP contribution in [0.1, 0.15) is 10.4 Å². The van der Waals surface area contributed by atoms with E-state index in [4.69, 9.17) is 14.2 Å². The molecule has 0 aromatic heterocycles. The van der Waals surface area contributed by atoms with Crippen molar-refractivity contribution < 1.29 is 19.0 Å². The van der Waals surface area contributed by atoms with Gasteiger partial charge in [-0.2, -0.15) is 0 Å². The van der Waals surface area contributed by atoms with Crippen molar-refractivity contribution in [3.05, 3.63) is 28.2 Å². The third-order valence-electron chi connectivity index (χ3n) is 2.14. The van der Waals surface area contributed by atoms with E-state index in [-0.39, 0.29) is 0 Å². The maximum Gasteiger partial charge on any atom is 0.223 e. The highest BCUT2D eigenvalue weighted by Gasteiger charge is 2.17. The summed E-state index contributed by atoms with van der Waals surface area (Å²) in [7, 11) is 0. The number of halogens is 1. The van der Waals surface area contributed by atoms with Gasteiger partial charge in [-0.1, -0.05) is 15.9 Å². The molecule has 1 aromatic rings. The minimum atomic E-state index is -0.436. The Morgan fingerprint density at radius 3 is 3.00 bits per heavy atom. The standard InChI is InChI=1S/C11H11BrO4/c12-9-1-2-10(8(5-9)6-13)16-11-7-14-3-4-15-11/h1-2,5-6,11H,3-4,7H2. The van der Waals surface area contributed by atoms with Crippen LogP contribution in [0, 0.1) is 0 Å². The highest BCUT2D eigenvalue weighted by molar-refractivity contribution is 9.10. The molecule has 86 valence electrons. The molecule has 0 aliphatic carbocycles. The van der Waals surface area contributed by atoms with E-state index in [0.29, 0.717) is 31.1 Å². The van der Waals surface area contributed by atoms with Crippen LogP contribution in [-0.2, 0) is 9.47 Å². The van der Waals surface area contributed by atoms with Crippen LogP contribution in [0.3, 0.4) is 0 Å². The Bertz CT molecular complexity index is 374. The van der Waals surface area contributed by atoms with Gasteiger partial charge in [-0.25, -0.2) is 0 Å². The third kappa shape index (κ3) is 2.81. The maximum atomic E-state index is 10.8. The average Bonchev–Trinajstić information content (AvgIpc) is 2.33. The van der Waals surface area contributed by atoms with Crippen LogP contribution in [0.4, 0.5) is 0 Å². The number of hydrogen-bond acceptors (Lipinski definition) is 4. The smallest absolute Gasteiger partial charge is 0.223 e. The number of carbonyl (C=O) groups excluding carboxylic acids is 1. The molecule has 1 heterocycles. The molecule has 0 bridgehead atoms. The lowest BCUT2D eigenvalue weighted by atomic mass is 10.2. The zero-order valence-corrected chi connectivity index (χ0v) is 10.1. The van der Waals surface area contributed by atoms with Crippen molar-refractivity contribution in [2.45, 2.75) is 6.29 Å². The molecule has 0 saturated carbocycles. The van der Waals surface area contributed by atoms with Gasteiger partial charge in [0.05, 0.1) is 18.8 Å². The first kappa shape index (κ1) is 11.6. The van der Waals surface area contributed by atoms with Crippen LogP contribution in [0.2, 0.25) is 0 Å². The van der Waals surface area contributed by atoms with Crippen LogP contribution in [0.25, 0.3) is 0 Å². The number of hydrogen-bond donors (Lipinski definition) is 0. The summed E-state index contributed by atoms with van der Waals surface area (Å²) in [5.74, 6) is 0.508. The molecule has 16 heavy (non-hydrogen) atoms. The molecule has 0 N–H and O–H groups in total. The van der Waals surface area contributed by atoms with Gasteiger partial charge in [0.2, 0.25) is 6.29 Å². The van der Waals surface area contributed by atoms with Crippen LogP contribution >= 0.6 is 15.9 Å². The van der Waals surface area contributed by atoms with Gasteiger partial charge in [0, 0.05) is 4.47 Å². The molecular weight excluding hydrogens is 276 g/mol. The van der Waals surface area contributed by atoms with Gasteiger partial charge >= 0.3 is 0 Å². The van der Waals surface area contributed by atoms with Gasteiger partial charge in [-0.05, 0) is 18.2 Å². The zero-order valence-electron chi connectivity index (χ0n) is 8.52. The van der Waals surface area contributed by atoms with E-state index in [1.807, 2.05) is 6.07 Å². The van der Waals surface area contributed by atoms with E-state index in [0.717, 1.165) is 10.8 Å². The lowest BCUT2D eigenvalue weighted by molar-refractivity contribution is -0.170. The first-order valence-electron chi connectivity index (χ1n) is 4.90. The lowest BCUT2D eigenvalue weighted by Crippen LogP contribution is -2.33. The number of benzene rings is 1. The zero-order chi connectivity index (χ0) is 11.4. The number of rotatable bonds is 3. The van der Waals surface area contributed by atoms with Crippen LogP contribution in [0.5, 0.6) is 5.75 Å². The summed E-state index contributed by atoms with van der Waals surface area (Å²) >= 11 is 3.29. The van der Waals surface area contributed by atoms with Gasteiger partial charge in [-0.3, -0.25) is 4.79 Å². The van der Waals surface area contributed by atoms with Crippen LogP contribution in [0.15, 0.2) is 22.7 Å². The molecule has 0 spiro atoms. The van der Waals surface area contributed by atoms with E-state index < -0.39 is 6.29 Å². The molecule has 0 radical (unpaired) electrons. The summed E-state index contributed by atoms with van der Waals surface area (Å²) in [6.07, 6.45) is 0.317. The van der Waals surface area contributed by atoms with Crippen LogP contribution in [-0.4, -0.2) is 32.4 Å². The van der Waals surface area contributed by atoms with Crippen LogP contribution < -0.4 is 4.74 Å². The predicted octanol–water partition coefficient (Wildman–Crippen LogP) is 2.01. The Balaban J connectivity index is 2.10. The van der Waals surface area contributed by atoms with Crippen molar-refractivity contribution in [2.24, 2.45) is 0 Å². The van der Waals surface area contributed by atoms with E-state index >= 15 is 0 Å². The first-order valence-corrected chi connectivity index (χ1v) is 5.69. The molecular formula is C11H11BrO4. The summed E-state index contributed by atoms with van der Waals surface area (Å²) in [4.78, 5) is 10.8. The normalized spacial score (nSPS) is 20.4. The monoisotopic (exact) mass is 286 g/mol. The summed E-state index contributed by atoms with van der Waals surface area (Å²) in [5, 5.41) is 0. The fourth-order valence-corrected chi connectivity index (χ4v) is 1.77. The predicted molar refractivity (Wildman–Crippen MR) is 60.7 cm³/mol. The quantitative estimate of drug-likeness (QED) is 0.798. The third-order valence-corrected chi connectivity index (χ3v) is 2.64. The molecule has 1 aliphatic heterocycles. The highest BCUT2D eigenvalue weighted by Crippen LogP contribution is 2.23. The molecule has 1 saturated heterocycles. The van der Waals surface area contributed by atoms with Gasteiger partial charge in [-0.15, -0.1) is 0 Å². The first-order chi connectivity index (χ1) is 7.79. The fraction of sp³-hybridized carbons (Fsp3) is 0.364. The molecule has 5 heteroatoms. The molecule has 2 rings (SSSR count). The largest absolute Gasteiger partial charge is 0.462 e. The van der Waals surface area contributed by atoms with Crippen molar-refractivity contribution in [1.29, 1.82) is 0 Å². The minimum Gasteiger partial charge on any atom is -0.462 e. The fourth-order valence-electron chi connectivity index (χ4n) is 1.39. The second-order valence-electron chi connectivity index (χ2n) is 3.29.